The quantitative estimate of drug-likeness (QED) is 0.0172. The first-order valence-electron chi connectivity index (χ1n) is 29.5. The van der Waals surface area contributed by atoms with E-state index in [0.29, 0.717) is 13.0 Å². The van der Waals surface area contributed by atoms with E-state index in [9.17, 15) is 40.5 Å². The highest BCUT2D eigenvalue weighted by molar-refractivity contribution is 5.69. The zero-order valence-corrected chi connectivity index (χ0v) is 46.5. The van der Waals surface area contributed by atoms with Crippen molar-refractivity contribution in [3.63, 3.8) is 0 Å². The van der Waals surface area contributed by atoms with E-state index in [-0.39, 0.29) is 25.6 Å². The van der Waals surface area contributed by atoms with Crippen molar-refractivity contribution >= 4 is 5.97 Å². The number of hydrogen-bond acceptors (Lipinski definition) is 14. The lowest BCUT2D eigenvalue weighted by Crippen LogP contribution is -2.61. The normalized spacial score (nSPS) is 25.1. The summed E-state index contributed by atoms with van der Waals surface area (Å²) in [5.41, 5.74) is 0. The molecule has 0 aromatic carbocycles. The Labute approximate surface area is 453 Å². The molecule has 11 unspecified atom stereocenters. The van der Waals surface area contributed by atoms with Crippen LogP contribution in [0.15, 0.2) is 72.9 Å². The minimum Gasteiger partial charge on any atom is -0.457 e. The number of carbonyl (C=O) groups is 1. The van der Waals surface area contributed by atoms with Gasteiger partial charge in [-0.3, -0.25) is 4.79 Å². The topological polar surface area (TPSA) is 214 Å². The van der Waals surface area contributed by atoms with E-state index in [1.807, 2.05) is 0 Å². The van der Waals surface area contributed by atoms with Crippen molar-refractivity contribution in [3.05, 3.63) is 72.9 Å². The Balaban J connectivity index is 1.72. The third kappa shape index (κ3) is 34.1. The van der Waals surface area contributed by atoms with Crippen LogP contribution in [0.4, 0.5) is 0 Å². The van der Waals surface area contributed by atoms with E-state index in [1.165, 1.54) is 89.9 Å². The summed E-state index contributed by atoms with van der Waals surface area (Å²) in [6.45, 7) is 3.52. The fraction of sp³-hybridized carbons (Fsp3) is 0.787. The molecule has 14 heteroatoms. The summed E-state index contributed by atoms with van der Waals surface area (Å²) < 4.78 is 34.4. The maximum atomic E-state index is 13.1. The largest absolute Gasteiger partial charge is 0.457 e. The van der Waals surface area contributed by atoms with Crippen LogP contribution in [-0.4, -0.2) is 142 Å². The first-order valence-corrected chi connectivity index (χ1v) is 29.5. The molecule has 0 bridgehead atoms. The SMILES string of the molecule is CC/C=C\C/C=C\C/C=C\C/C=C\CCCCCCCOCC(COC1OC(COC2OC(CO)C(O)C(O)C2O)C(O)C(O)C1O)OC(=O)CCCCCCCCCCCCC/C=C\C/C=C\CCCCCCC. The summed E-state index contributed by atoms with van der Waals surface area (Å²) >= 11 is 0. The van der Waals surface area contributed by atoms with E-state index in [4.69, 9.17) is 28.4 Å². The van der Waals surface area contributed by atoms with Crippen LogP contribution in [0.25, 0.3) is 0 Å². The summed E-state index contributed by atoms with van der Waals surface area (Å²) in [5, 5.41) is 72.4. The molecule has 2 heterocycles. The van der Waals surface area contributed by atoms with Crippen molar-refractivity contribution in [3.8, 4) is 0 Å². The predicted octanol–water partition coefficient (Wildman–Crippen LogP) is 10.6. The molecular weight excluding hydrogens is 957 g/mol. The molecule has 0 radical (unpaired) electrons. The molecule has 2 saturated heterocycles. The van der Waals surface area contributed by atoms with Crippen LogP contribution >= 0.6 is 0 Å². The van der Waals surface area contributed by atoms with Gasteiger partial charge in [-0.1, -0.05) is 189 Å². The fourth-order valence-corrected chi connectivity index (χ4v) is 8.95. The molecule has 0 aromatic rings. The number of allylic oxidation sites excluding steroid dienone is 12. The van der Waals surface area contributed by atoms with Gasteiger partial charge in [0.05, 0.1) is 26.4 Å². The highest BCUT2D eigenvalue weighted by Gasteiger charge is 2.47. The van der Waals surface area contributed by atoms with Crippen LogP contribution in [0.2, 0.25) is 0 Å². The standard InChI is InChI=1S/C61H106O14/c1-3-5-7-9-11-13-15-17-19-21-23-24-25-26-27-28-30-32-34-36-38-40-42-44-53(63)73-50(47-70-45-43-41-39-37-35-33-31-29-22-20-18-16-14-12-10-8-6-4-2)48-71-60-59(69)57(67)55(65)52(75-60)49-72-61-58(68)56(66)54(64)51(46-62)74-61/h6,8,12,14-15,17-18,20-21,23,29,31,50-52,54-62,64-69H,3-5,7,9-11,13,16,19,22,24-28,30,32-49H2,1-2H3/b8-6-,14-12-,17-15-,20-18-,23-21-,31-29-. The number of carbonyl (C=O) groups excluding carboxylic acids is 1. The Bertz CT molecular complexity index is 1510. The lowest BCUT2D eigenvalue weighted by Gasteiger charge is -2.42. The molecule has 2 aliphatic rings. The first kappa shape index (κ1) is 68.5. The van der Waals surface area contributed by atoms with Gasteiger partial charge in [0, 0.05) is 13.0 Å². The number of esters is 1. The van der Waals surface area contributed by atoms with Crippen LogP contribution in [0.3, 0.4) is 0 Å². The number of aliphatic hydroxyl groups excluding tert-OH is 7. The molecule has 0 saturated carbocycles. The van der Waals surface area contributed by atoms with Gasteiger partial charge in [0.2, 0.25) is 0 Å². The van der Waals surface area contributed by atoms with E-state index >= 15 is 0 Å². The molecule has 0 aliphatic carbocycles. The molecule has 7 N–H and O–H groups in total. The molecular formula is C61H106O14. The van der Waals surface area contributed by atoms with Crippen molar-refractivity contribution in [2.24, 2.45) is 0 Å². The van der Waals surface area contributed by atoms with Crippen LogP contribution in [0, 0.1) is 0 Å². The number of rotatable bonds is 47. The molecule has 434 valence electrons. The smallest absolute Gasteiger partial charge is 0.306 e. The van der Waals surface area contributed by atoms with Gasteiger partial charge in [-0.15, -0.1) is 0 Å². The molecule has 11 atom stereocenters. The van der Waals surface area contributed by atoms with E-state index < -0.39 is 80.7 Å². The maximum absolute atomic E-state index is 13.1. The number of aliphatic hydroxyl groups is 7. The Morgan fingerprint density at radius 1 is 0.453 bits per heavy atom. The third-order valence-corrected chi connectivity index (χ3v) is 13.7. The van der Waals surface area contributed by atoms with E-state index in [1.54, 1.807) is 0 Å². The van der Waals surface area contributed by atoms with Gasteiger partial charge in [-0.25, -0.2) is 0 Å². The van der Waals surface area contributed by atoms with E-state index in [0.717, 1.165) is 89.9 Å². The zero-order chi connectivity index (χ0) is 54.4. The molecule has 14 nitrogen and oxygen atoms in total. The molecule has 2 aliphatic heterocycles. The van der Waals surface area contributed by atoms with Gasteiger partial charge in [0.15, 0.2) is 12.6 Å². The van der Waals surface area contributed by atoms with Gasteiger partial charge in [-0.05, 0) is 83.5 Å². The Morgan fingerprint density at radius 2 is 0.867 bits per heavy atom. The molecule has 0 spiro atoms. The Morgan fingerprint density at radius 3 is 1.36 bits per heavy atom. The minimum absolute atomic E-state index is 0.0451. The van der Waals surface area contributed by atoms with E-state index in [2.05, 4.69) is 86.8 Å². The first-order chi connectivity index (χ1) is 36.6. The Hall–Kier alpha value is -2.57. The van der Waals surface area contributed by atoms with Crippen LogP contribution < -0.4 is 0 Å². The van der Waals surface area contributed by atoms with Crippen molar-refractivity contribution in [2.45, 2.75) is 274 Å². The second-order valence-electron chi connectivity index (χ2n) is 20.4. The second kappa shape index (κ2) is 47.4. The van der Waals surface area contributed by atoms with Gasteiger partial charge >= 0.3 is 5.97 Å². The molecule has 75 heavy (non-hydrogen) atoms. The van der Waals surface area contributed by atoms with Gasteiger partial charge in [0.25, 0.3) is 0 Å². The molecule has 2 fully saturated rings. The molecule has 0 amide bonds. The predicted molar refractivity (Wildman–Crippen MR) is 298 cm³/mol. The van der Waals surface area contributed by atoms with Crippen LogP contribution in [-0.2, 0) is 33.2 Å². The number of ether oxygens (including phenoxy) is 6. The third-order valence-electron chi connectivity index (χ3n) is 13.7. The van der Waals surface area contributed by atoms with Gasteiger partial charge in [0.1, 0.15) is 54.9 Å². The summed E-state index contributed by atoms with van der Waals surface area (Å²) in [6, 6.07) is 0. The summed E-state index contributed by atoms with van der Waals surface area (Å²) in [7, 11) is 0. The van der Waals surface area contributed by atoms with Crippen molar-refractivity contribution in [1.82, 2.24) is 0 Å². The van der Waals surface area contributed by atoms with Crippen LogP contribution in [0.1, 0.15) is 206 Å². The number of unbranched alkanes of at least 4 members (excludes halogenated alkanes) is 21. The highest BCUT2D eigenvalue weighted by Crippen LogP contribution is 2.26. The van der Waals surface area contributed by atoms with Gasteiger partial charge in [-0.2, -0.15) is 0 Å². The van der Waals surface area contributed by atoms with Crippen molar-refractivity contribution in [2.75, 3.05) is 33.0 Å². The average molecular weight is 1060 g/mol. The Kier molecular flexibility index (Phi) is 43.3. The molecule has 2 rings (SSSR count). The fourth-order valence-electron chi connectivity index (χ4n) is 8.95. The lowest BCUT2D eigenvalue weighted by atomic mass is 9.98. The van der Waals surface area contributed by atoms with Crippen LogP contribution in [0.5, 0.6) is 0 Å². The van der Waals surface area contributed by atoms with Gasteiger partial charge < -0.3 is 64.2 Å². The summed E-state index contributed by atoms with van der Waals surface area (Å²) in [5.74, 6) is -0.386. The summed E-state index contributed by atoms with van der Waals surface area (Å²) in [4.78, 5) is 13.1. The zero-order valence-electron chi connectivity index (χ0n) is 46.5. The molecule has 0 aromatic heterocycles. The minimum atomic E-state index is -1.71. The lowest BCUT2D eigenvalue weighted by molar-refractivity contribution is -0.332. The number of hydrogen-bond donors (Lipinski definition) is 7. The second-order valence-corrected chi connectivity index (χ2v) is 20.4. The van der Waals surface area contributed by atoms with Crippen molar-refractivity contribution < 1.29 is 69.0 Å². The monoisotopic (exact) mass is 1060 g/mol. The maximum Gasteiger partial charge on any atom is 0.306 e. The summed E-state index contributed by atoms with van der Waals surface area (Å²) in [6.07, 6.45) is 43.9. The average Bonchev–Trinajstić information content (AvgIpc) is 3.41. The van der Waals surface area contributed by atoms with Crippen molar-refractivity contribution in [1.29, 1.82) is 0 Å². The highest BCUT2D eigenvalue weighted by atomic mass is 16.7.